The highest BCUT2D eigenvalue weighted by atomic mass is 79.9. The van der Waals surface area contributed by atoms with E-state index < -0.39 is 0 Å². The van der Waals surface area contributed by atoms with Crippen LogP contribution < -0.4 is 0 Å². The van der Waals surface area contributed by atoms with Crippen molar-refractivity contribution in [3.63, 3.8) is 0 Å². The molecule has 82 valence electrons. The highest BCUT2D eigenvalue weighted by molar-refractivity contribution is 9.10. The van der Waals surface area contributed by atoms with E-state index in [9.17, 15) is 0 Å². The van der Waals surface area contributed by atoms with Crippen LogP contribution in [0.15, 0.2) is 53.1 Å². The third-order valence-corrected chi connectivity index (χ3v) is 3.22. The minimum Gasteiger partial charge on any atom is -0.261 e. The number of benzene rings is 1. The third kappa shape index (κ3) is 3.06. The lowest BCUT2D eigenvalue weighted by molar-refractivity contribution is 0.880. The van der Waals surface area contributed by atoms with Crippen LogP contribution in [0.4, 0.5) is 0 Å². The fourth-order valence-electron chi connectivity index (χ4n) is 1.52. The summed E-state index contributed by atoms with van der Waals surface area (Å²) >= 11 is 9.79. The predicted octanol–water partition coefficient (Wildman–Crippen LogP) is 4.37. The van der Waals surface area contributed by atoms with E-state index in [1.54, 1.807) is 6.20 Å². The summed E-state index contributed by atoms with van der Waals surface area (Å²) in [7, 11) is 0. The number of rotatable bonds is 3. The summed E-state index contributed by atoms with van der Waals surface area (Å²) in [5.74, 6) is 0. The summed E-state index contributed by atoms with van der Waals surface area (Å²) in [6.45, 7) is 0. The van der Waals surface area contributed by atoms with Crippen LogP contribution in [0, 0.1) is 0 Å². The first-order chi connectivity index (χ1) is 7.75. The zero-order chi connectivity index (χ0) is 11.4. The largest absolute Gasteiger partial charge is 0.261 e. The quantitative estimate of drug-likeness (QED) is 0.767. The normalized spacial score (nSPS) is 12.4. The summed E-state index contributed by atoms with van der Waals surface area (Å²) in [4.78, 5) is 4.27. The molecular formula is C13H11BrClN. The van der Waals surface area contributed by atoms with Crippen LogP contribution >= 0.6 is 27.5 Å². The Labute approximate surface area is 109 Å². The molecule has 0 saturated carbocycles. The lowest BCUT2D eigenvalue weighted by Crippen LogP contribution is -1.97. The first kappa shape index (κ1) is 11.6. The SMILES string of the molecule is ClC(Cc1ccccn1)c1cccc(Br)c1. The Morgan fingerprint density at radius 2 is 2.06 bits per heavy atom. The first-order valence-corrected chi connectivity index (χ1v) is 6.28. The van der Waals surface area contributed by atoms with Gasteiger partial charge >= 0.3 is 0 Å². The van der Waals surface area contributed by atoms with Crippen molar-refractivity contribution in [2.45, 2.75) is 11.8 Å². The number of hydrogen-bond acceptors (Lipinski definition) is 1. The van der Waals surface area contributed by atoms with E-state index in [1.807, 2.05) is 42.5 Å². The van der Waals surface area contributed by atoms with Gasteiger partial charge in [0.1, 0.15) is 0 Å². The van der Waals surface area contributed by atoms with Crippen LogP contribution in [-0.4, -0.2) is 4.98 Å². The molecule has 1 unspecified atom stereocenters. The number of hydrogen-bond donors (Lipinski definition) is 0. The van der Waals surface area contributed by atoms with Gasteiger partial charge in [-0.1, -0.05) is 34.1 Å². The fourth-order valence-corrected chi connectivity index (χ4v) is 2.23. The van der Waals surface area contributed by atoms with Gasteiger partial charge in [-0.2, -0.15) is 0 Å². The molecule has 0 amide bonds. The summed E-state index contributed by atoms with van der Waals surface area (Å²) < 4.78 is 1.05. The molecule has 1 heterocycles. The van der Waals surface area contributed by atoms with Crippen molar-refractivity contribution in [1.29, 1.82) is 0 Å². The Hall–Kier alpha value is -0.860. The van der Waals surface area contributed by atoms with Gasteiger partial charge in [-0.05, 0) is 29.8 Å². The molecule has 2 rings (SSSR count). The van der Waals surface area contributed by atoms with Crippen LogP contribution in [0.1, 0.15) is 16.6 Å². The van der Waals surface area contributed by atoms with Gasteiger partial charge < -0.3 is 0 Å². The molecule has 0 bridgehead atoms. The Bertz CT molecular complexity index is 458. The zero-order valence-corrected chi connectivity index (χ0v) is 10.9. The van der Waals surface area contributed by atoms with Gasteiger partial charge in [-0.15, -0.1) is 11.6 Å². The molecule has 0 fully saturated rings. The average molecular weight is 297 g/mol. The topological polar surface area (TPSA) is 12.9 Å². The van der Waals surface area contributed by atoms with E-state index in [0.29, 0.717) is 0 Å². The zero-order valence-electron chi connectivity index (χ0n) is 8.61. The van der Waals surface area contributed by atoms with Crippen molar-refractivity contribution < 1.29 is 0 Å². The minimum atomic E-state index is -0.0348. The average Bonchev–Trinajstić information content (AvgIpc) is 2.30. The predicted molar refractivity (Wildman–Crippen MR) is 70.7 cm³/mol. The molecule has 16 heavy (non-hydrogen) atoms. The van der Waals surface area contributed by atoms with E-state index in [1.165, 1.54) is 0 Å². The van der Waals surface area contributed by atoms with E-state index >= 15 is 0 Å². The van der Waals surface area contributed by atoms with Crippen molar-refractivity contribution in [2.75, 3.05) is 0 Å². The molecule has 1 nitrogen and oxygen atoms in total. The standard InChI is InChI=1S/C13H11BrClN/c14-11-5-3-4-10(8-11)13(15)9-12-6-1-2-7-16-12/h1-8,13H,9H2. The molecule has 0 aliphatic rings. The lowest BCUT2D eigenvalue weighted by atomic mass is 10.1. The number of halogens is 2. The van der Waals surface area contributed by atoms with Crippen LogP contribution in [0.2, 0.25) is 0 Å². The Morgan fingerprint density at radius 1 is 1.19 bits per heavy atom. The summed E-state index contributed by atoms with van der Waals surface area (Å²) in [6.07, 6.45) is 2.54. The van der Waals surface area contributed by atoms with Gasteiger partial charge in [0.15, 0.2) is 0 Å². The molecular weight excluding hydrogens is 286 g/mol. The van der Waals surface area contributed by atoms with E-state index in [0.717, 1.165) is 22.2 Å². The Morgan fingerprint density at radius 3 is 2.75 bits per heavy atom. The molecule has 0 aliphatic heterocycles. The number of alkyl halides is 1. The molecule has 0 aliphatic carbocycles. The lowest BCUT2D eigenvalue weighted by Gasteiger charge is -2.09. The van der Waals surface area contributed by atoms with Crippen molar-refractivity contribution in [2.24, 2.45) is 0 Å². The monoisotopic (exact) mass is 295 g/mol. The highest BCUT2D eigenvalue weighted by Gasteiger charge is 2.09. The van der Waals surface area contributed by atoms with Crippen molar-refractivity contribution in [3.05, 3.63) is 64.4 Å². The number of aromatic nitrogens is 1. The Kier molecular flexibility index (Phi) is 3.97. The van der Waals surface area contributed by atoms with Gasteiger partial charge in [-0.25, -0.2) is 0 Å². The second-order valence-corrected chi connectivity index (χ2v) is 4.99. The maximum Gasteiger partial charge on any atom is 0.0641 e. The molecule has 0 saturated heterocycles. The first-order valence-electron chi connectivity index (χ1n) is 5.05. The molecule has 2 aromatic rings. The number of pyridine rings is 1. The van der Waals surface area contributed by atoms with Gasteiger partial charge in [0.05, 0.1) is 5.38 Å². The second-order valence-electron chi connectivity index (χ2n) is 3.55. The fraction of sp³-hybridized carbons (Fsp3) is 0.154. The maximum absolute atomic E-state index is 6.35. The molecule has 0 radical (unpaired) electrons. The molecule has 1 aromatic carbocycles. The van der Waals surface area contributed by atoms with Gasteiger partial charge in [0.2, 0.25) is 0 Å². The molecule has 0 N–H and O–H groups in total. The van der Waals surface area contributed by atoms with Crippen molar-refractivity contribution in [3.8, 4) is 0 Å². The molecule has 0 spiro atoms. The molecule has 3 heteroatoms. The molecule has 1 aromatic heterocycles. The third-order valence-electron chi connectivity index (χ3n) is 2.32. The second kappa shape index (κ2) is 5.46. The van der Waals surface area contributed by atoms with Gasteiger partial charge in [0, 0.05) is 22.8 Å². The van der Waals surface area contributed by atoms with E-state index in [4.69, 9.17) is 11.6 Å². The van der Waals surface area contributed by atoms with E-state index in [-0.39, 0.29) is 5.38 Å². The van der Waals surface area contributed by atoms with Crippen LogP contribution in [0.3, 0.4) is 0 Å². The minimum absolute atomic E-state index is 0.0348. The molecule has 1 atom stereocenters. The maximum atomic E-state index is 6.35. The smallest absolute Gasteiger partial charge is 0.0641 e. The summed E-state index contributed by atoms with van der Waals surface area (Å²) in [5.41, 5.74) is 2.13. The number of nitrogens with zero attached hydrogens (tertiary/aromatic N) is 1. The van der Waals surface area contributed by atoms with Crippen LogP contribution in [0.25, 0.3) is 0 Å². The van der Waals surface area contributed by atoms with Gasteiger partial charge in [-0.3, -0.25) is 4.98 Å². The van der Waals surface area contributed by atoms with Crippen LogP contribution in [0.5, 0.6) is 0 Å². The van der Waals surface area contributed by atoms with Gasteiger partial charge in [0.25, 0.3) is 0 Å². The van der Waals surface area contributed by atoms with Crippen LogP contribution in [-0.2, 0) is 6.42 Å². The highest BCUT2D eigenvalue weighted by Crippen LogP contribution is 2.26. The summed E-state index contributed by atoms with van der Waals surface area (Å²) in [5, 5.41) is -0.0348. The van der Waals surface area contributed by atoms with E-state index in [2.05, 4.69) is 20.9 Å². The van der Waals surface area contributed by atoms with Crippen molar-refractivity contribution >= 4 is 27.5 Å². The summed E-state index contributed by atoms with van der Waals surface area (Å²) in [6, 6.07) is 13.9. The van der Waals surface area contributed by atoms with Crippen molar-refractivity contribution in [1.82, 2.24) is 4.98 Å². The Balaban J connectivity index is 2.12.